The number of carbonyl (C=O) groups is 1. The van der Waals surface area contributed by atoms with E-state index in [1.165, 1.54) is 42.5 Å². The summed E-state index contributed by atoms with van der Waals surface area (Å²) in [6.45, 7) is 15.1. The predicted molar refractivity (Wildman–Crippen MR) is 164 cm³/mol. The van der Waals surface area contributed by atoms with E-state index in [0.29, 0.717) is 30.9 Å². The zero-order valence-corrected chi connectivity index (χ0v) is 26.3. The first kappa shape index (κ1) is 34.6. The third-order valence-electron chi connectivity index (χ3n) is 6.46. The molecule has 1 aliphatic carbocycles. The number of alkyl halides is 2. The summed E-state index contributed by atoms with van der Waals surface area (Å²) in [4.78, 5) is 11.7. The van der Waals surface area contributed by atoms with Gasteiger partial charge < -0.3 is 18.9 Å². The van der Waals surface area contributed by atoms with Gasteiger partial charge >= 0.3 is 12.1 Å². The molecule has 0 aromatic heterocycles. The molecule has 1 fully saturated rings. The second-order valence-corrected chi connectivity index (χ2v) is 11.0. The molecule has 0 aliphatic heterocycles. The van der Waals surface area contributed by atoms with Crippen LogP contribution in [-0.4, -0.2) is 25.3 Å². The van der Waals surface area contributed by atoms with Gasteiger partial charge in [0.2, 0.25) is 0 Å². The normalized spacial score (nSPS) is 12.9. The van der Waals surface area contributed by atoms with Gasteiger partial charge in [0.1, 0.15) is 11.5 Å². The van der Waals surface area contributed by atoms with Crippen LogP contribution in [0.1, 0.15) is 90.3 Å². The van der Waals surface area contributed by atoms with Crippen LogP contribution in [0.5, 0.6) is 23.0 Å². The van der Waals surface area contributed by atoms with E-state index in [4.69, 9.17) is 14.2 Å². The van der Waals surface area contributed by atoms with Crippen LogP contribution in [0.25, 0.3) is 0 Å². The van der Waals surface area contributed by atoms with E-state index in [-0.39, 0.29) is 23.7 Å². The van der Waals surface area contributed by atoms with E-state index < -0.39 is 6.11 Å². The maximum absolute atomic E-state index is 12.3. The van der Waals surface area contributed by atoms with Gasteiger partial charge in [-0.05, 0) is 85.5 Å². The fourth-order valence-electron chi connectivity index (χ4n) is 4.02. The SMILES string of the molecule is CC.CCOC(=O)COc1ccc(C2CCC2)cc1Oc1ccc(C(C)(C)C)cc1.Cc1ccc(OC(C)(F)F)cc1. The average molecular weight is 585 g/mol. The Morgan fingerprint density at radius 3 is 1.95 bits per heavy atom. The molecule has 1 aliphatic rings. The van der Waals surface area contributed by atoms with Gasteiger partial charge in [0, 0.05) is 6.92 Å². The van der Waals surface area contributed by atoms with Crippen molar-refractivity contribution in [1.82, 2.24) is 0 Å². The Morgan fingerprint density at radius 1 is 0.857 bits per heavy atom. The Balaban J connectivity index is 0.000000368. The molecule has 0 unspecified atom stereocenters. The first-order valence-electron chi connectivity index (χ1n) is 14.7. The highest BCUT2D eigenvalue weighted by molar-refractivity contribution is 5.71. The van der Waals surface area contributed by atoms with Crippen LogP contribution in [0.4, 0.5) is 8.78 Å². The number of halogens is 2. The van der Waals surface area contributed by atoms with E-state index in [1.807, 2.05) is 45.0 Å². The Morgan fingerprint density at radius 2 is 1.45 bits per heavy atom. The minimum atomic E-state index is -3.10. The molecule has 0 radical (unpaired) electrons. The summed E-state index contributed by atoms with van der Waals surface area (Å²) in [6, 6.07) is 20.6. The lowest BCUT2D eigenvalue weighted by Crippen LogP contribution is -2.18. The van der Waals surface area contributed by atoms with E-state index >= 15 is 0 Å². The number of carbonyl (C=O) groups excluding carboxylic acids is 1. The lowest BCUT2D eigenvalue weighted by Gasteiger charge is -2.26. The van der Waals surface area contributed by atoms with Crippen molar-refractivity contribution in [2.24, 2.45) is 0 Å². The zero-order chi connectivity index (χ0) is 31.3. The van der Waals surface area contributed by atoms with Gasteiger partial charge in [0.25, 0.3) is 0 Å². The lowest BCUT2D eigenvalue weighted by molar-refractivity contribution is -0.159. The topological polar surface area (TPSA) is 54.0 Å². The lowest BCUT2D eigenvalue weighted by atomic mass is 9.80. The summed E-state index contributed by atoms with van der Waals surface area (Å²) >= 11 is 0. The van der Waals surface area contributed by atoms with Crippen molar-refractivity contribution in [2.45, 2.75) is 92.1 Å². The van der Waals surface area contributed by atoms with Crippen molar-refractivity contribution < 1.29 is 32.5 Å². The summed E-state index contributed by atoms with van der Waals surface area (Å²) in [5.74, 6) is 2.33. The number of esters is 1. The summed E-state index contributed by atoms with van der Waals surface area (Å²) in [5, 5.41) is 0. The second kappa shape index (κ2) is 16.1. The molecule has 0 saturated heterocycles. The van der Waals surface area contributed by atoms with Crippen LogP contribution in [0.2, 0.25) is 0 Å². The molecule has 0 bridgehead atoms. The van der Waals surface area contributed by atoms with Gasteiger partial charge in [0.05, 0.1) is 6.61 Å². The van der Waals surface area contributed by atoms with Crippen LogP contribution < -0.4 is 14.2 Å². The highest BCUT2D eigenvalue weighted by atomic mass is 19.3. The molecule has 4 rings (SSSR count). The minimum Gasteiger partial charge on any atom is -0.478 e. The van der Waals surface area contributed by atoms with Crippen molar-refractivity contribution in [3.63, 3.8) is 0 Å². The Labute approximate surface area is 250 Å². The van der Waals surface area contributed by atoms with Crippen molar-refractivity contribution in [1.29, 1.82) is 0 Å². The number of aryl methyl sites for hydroxylation is 1. The average Bonchev–Trinajstić information content (AvgIpc) is 2.89. The highest BCUT2D eigenvalue weighted by Crippen LogP contribution is 2.41. The molecule has 42 heavy (non-hydrogen) atoms. The molecule has 0 N–H and O–H groups in total. The second-order valence-electron chi connectivity index (χ2n) is 11.0. The highest BCUT2D eigenvalue weighted by Gasteiger charge is 2.23. The Hall–Kier alpha value is -3.61. The molecule has 0 spiro atoms. The Bertz CT molecular complexity index is 1220. The number of hydrogen-bond donors (Lipinski definition) is 0. The molecule has 5 nitrogen and oxygen atoms in total. The first-order chi connectivity index (χ1) is 19.8. The standard InChI is InChI=1S/C24H30O4.C9H10F2O.C2H6/c1-5-26-23(25)16-27-21-14-9-18(17-7-6-8-17)15-22(21)28-20-12-10-19(11-13-20)24(2,3)4;1-7-3-5-8(6-4-7)12-9(2,10)11;1-2/h9-15,17H,5-8,16H2,1-4H3;3-6H,1-2H3;1-2H3. The molecular formula is C35H46F2O5. The molecule has 3 aromatic rings. The number of benzene rings is 3. The van der Waals surface area contributed by atoms with E-state index in [1.54, 1.807) is 19.1 Å². The van der Waals surface area contributed by atoms with Gasteiger partial charge in [-0.3, -0.25) is 0 Å². The first-order valence-corrected chi connectivity index (χ1v) is 14.7. The zero-order valence-electron chi connectivity index (χ0n) is 26.3. The largest absolute Gasteiger partial charge is 0.478 e. The van der Waals surface area contributed by atoms with Crippen LogP contribution in [0.3, 0.4) is 0 Å². The van der Waals surface area contributed by atoms with Crippen molar-refractivity contribution in [2.75, 3.05) is 13.2 Å². The fourth-order valence-corrected chi connectivity index (χ4v) is 4.02. The molecule has 1 saturated carbocycles. The summed E-state index contributed by atoms with van der Waals surface area (Å²) in [7, 11) is 0. The molecule has 7 heteroatoms. The third-order valence-corrected chi connectivity index (χ3v) is 6.46. The van der Waals surface area contributed by atoms with Gasteiger partial charge in [-0.15, -0.1) is 0 Å². The van der Waals surface area contributed by atoms with Gasteiger partial charge in [-0.25, -0.2) is 4.79 Å². The smallest absolute Gasteiger partial charge is 0.394 e. The fraction of sp³-hybridized carbons (Fsp3) is 0.457. The Kier molecular flexibility index (Phi) is 13.3. The van der Waals surface area contributed by atoms with Gasteiger partial charge in [-0.1, -0.05) is 76.9 Å². The van der Waals surface area contributed by atoms with Gasteiger partial charge in [-0.2, -0.15) is 8.78 Å². The number of rotatable bonds is 9. The van der Waals surface area contributed by atoms with E-state index in [2.05, 4.69) is 43.7 Å². The van der Waals surface area contributed by atoms with Crippen LogP contribution in [0.15, 0.2) is 66.7 Å². The van der Waals surface area contributed by atoms with Crippen LogP contribution in [-0.2, 0) is 14.9 Å². The summed E-state index contributed by atoms with van der Waals surface area (Å²) in [5.41, 5.74) is 3.62. The molecule has 230 valence electrons. The van der Waals surface area contributed by atoms with Gasteiger partial charge in [0.15, 0.2) is 18.1 Å². The molecular weight excluding hydrogens is 538 g/mol. The molecule has 0 atom stereocenters. The summed E-state index contributed by atoms with van der Waals surface area (Å²) in [6.07, 6.45) is 0.594. The maximum Gasteiger partial charge on any atom is 0.394 e. The summed E-state index contributed by atoms with van der Waals surface area (Å²) < 4.78 is 45.7. The molecule has 0 amide bonds. The van der Waals surface area contributed by atoms with E-state index in [0.717, 1.165) is 11.3 Å². The number of hydrogen-bond acceptors (Lipinski definition) is 5. The third kappa shape index (κ3) is 11.7. The monoisotopic (exact) mass is 584 g/mol. The predicted octanol–water partition coefficient (Wildman–Crippen LogP) is 10.00. The minimum absolute atomic E-state index is 0.0938. The number of ether oxygens (including phenoxy) is 4. The van der Waals surface area contributed by atoms with Crippen LogP contribution >= 0.6 is 0 Å². The van der Waals surface area contributed by atoms with Crippen molar-refractivity contribution >= 4 is 5.97 Å². The molecule has 0 heterocycles. The molecule has 3 aromatic carbocycles. The van der Waals surface area contributed by atoms with Crippen molar-refractivity contribution in [3.8, 4) is 23.0 Å². The van der Waals surface area contributed by atoms with E-state index in [9.17, 15) is 13.6 Å². The van der Waals surface area contributed by atoms with Crippen molar-refractivity contribution in [3.05, 3.63) is 83.4 Å². The van der Waals surface area contributed by atoms with Crippen LogP contribution in [0, 0.1) is 6.92 Å². The quantitative estimate of drug-likeness (QED) is 0.234. The maximum atomic E-state index is 12.3.